The van der Waals surface area contributed by atoms with Crippen molar-refractivity contribution >= 4 is 63.8 Å². The van der Waals surface area contributed by atoms with Gasteiger partial charge in [0.25, 0.3) is 5.91 Å². The first-order chi connectivity index (χ1) is 19.7. The zero-order chi connectivity index (χ0) is 28.8. The molecule has 0 bridgehead atoms. The highest BCUT2D eigenvalue weighted by molar-refractivity contribution is 8.00. The minimum atomic E-state index is -0.810. The van der Waals surface area contributed by atoms with Crippen LogP contribution >= 0.6 is 34.7 Å². The van der Waals surface area contributed by atoms with Gasteiger partial charge in [0.2, 0.25) is 11.8 Å². The zero-order valence-electron chi connectivity index (χ0n) is 22.0. The van der Waals surface area contributed by atoms with Crippen molar-refractivity contribution in [3.05, 3.63) is 103 Å². The van der Waals surface area contributed by atoms with E-state index in [1.165, 1.54) is 16.7 Å². The molecule has 2 aliphatic rings. The first-order valence-corrected chi connectivity index (χ1v) is 14.9. The van der Waals surface area contributed by atoms with Crippen LogP contribution in [0.5, 0.6) is 5.75 Å². The second kappa shape index (κ2) is 10.8. The van der Waals surface area contributed by atoms with Crippen LogP contribution in [0.25, 0.3) is 0 Å². The van der Waals surface area contributed by atoms with E-state index in [-0.39, 0.29) is 29.2 Å². The van der Waals surface area contributed by atoms with Crippen LogP contribution in [0, 0.1) is 19.8 Å². The number of fused-ring (bicyclic) bond motifs is 2. The van der Waals surface area contributed by atoms with Crippen LogP contribution in [0.15, 0.2) is 76.6 Å². The number of aromatic amines is 1. The van der Waals surface area contributed by atoms with Crippen molar-refractivity contribution in [3.8, 4) is 5.75 Å². The van der Waals surface area contributed by atoms with Gasteiger partial charge in [-0.25, -0.2) is 4.90 Å². The normalized spacial score (nSPS) is 19.6. The number of nitrogens with one attached hydrogen (secondary N) is 2. The fourth-order valence-corrected chi connectivity index (χ4v) is 7.94. The van der Waals surface area contributed by atoms with Crippen LogP contribution < -0.4 is 19.8 Å². The van der Waals surface area contributed by atoms with Crippen molar-refractivity contribution in [3.63, 3.8) is 0 Å². The van der Waals surface area contributed by atoms with Gasteiger partial charge in [-0.15, -0.1) is 0 Å². The number of benzene rings is 3. The van der Waals surface area contributed by atoms with E-state index in [1.54, 1.807) is 36.4 Å². The van der Waals surface area contributed by atoms with Gasteiger partial charge in [0.05, 0.1) is 16.6 Å². The van der Waals surface area contributed by atoms with Crippen LogP contribution in [0.3, 0.4) is 0 Å². The second-order valence-electron chi connectivity index (χ2n) is 9.99. The number of aryl methyl sites for hydroxylation is 2. The molecule has 41 heavy (non-hydrogen) atoms. The van der Waals surface area contributed by atoms with Crippen LogP contribution in [0.4, 0.5) is 11.4 Å². The quantitative estimate of drug-likeness (QED) is 0.280. The number of aromatic nitrogens is 1. The number of imide groups is 1. The fraction of sp³-hybridized carbons (Fsp3) is 0.200. The summed E-state index contributed by atoms with van der Waals surface area (Å²) in [7, 11) is 0. The molecule has 2 aliphatic heterocycles. The second-order valence-corrected chi connectivity index (χ2v) is 12.6. The Labute approximate surface area is 248 Å². The number of amides is 3. The number of hydrogen-bond donors (Lipinski definition) is 2. The molecule has 3 amide bonds. The molecule has 0 aliphatic carbocycles. The highest BCUT2D eigenvalue weighted by Gasteiger charge is 2.56. The summed E-state index contributed by atoms with van der Waals surface area (Å²) in [6.07, 6.45) is 0. The molecular formula is C30H24ClN3O5S2. The van der Waals surface area contributed by atoms with Gasteiger partial charge < -0.3 is 15.0 Å². The fourth-order valence-electron chi connectivity index (χ4n) is 5.26. The first kappa shape index (κ1) is 27.3. The monoisotopic (exact) mass is 605 g/mol. The topological polar surface area (TPSA) is 109 Å². The molecule has 3 aromatic carbocycles. The number of carbonyl (C=O) groups is 3. The van der Waals surface area contributed by atoms with Gasteiger partial charge in [-0.2, -0.15) is 0 Å². The SMILES string of the molecule is Cc1ccc(N2C(=O)C3Sc4[nH]c(=O)sc4C(c4cc(Cl)ccc4OCC(=O)Nc4cccc(C)c4)C3C2=O)cc1. The Balaban J connectivity index is 1.36. The van der Waals surface area contributed by atoms with E-state index >= 15 is 0 Å². The number of halogens is 1. The summed E-state index contributed by atoms with van der Waals surface area (Å²) in [6.45, 7) is 3.57. The summed E-state index contributed by atoms with van der Waals surface area (Å²) in [5, 5.41) is 2.99. The van der Waals surface area contributed by atoms with Crippen molar-refractivity contribution in [1.82, 2.24) is 4.98 Å². The van der Waals surface area contributed by atoms with Gasteiger partial charge in [-0.05, 0) is 61.9 Å². The average molecular weight is 606 g/mol. The van der Waals surface area contributed by atoms with E-state index in [4.69, 9.17) is 16.3 Å². The molecular weight excluding hydrogens is 582 g/mol. The van der Waals surface area contributed by atoms with Crippen molar-refractivity contribution in [2.24, 2.45) is 5.92 Å². The van der Waals surface area contributed by atoms with Crippen LogP contribution in [-0.4, -0.2) is 34.6 Å². The number of ether oxygens (including phenoxy) is 1. The molecule has 3 atom stereocenters. The first-order valence-electron chi connectivity index (χ1n) is 12.8. The minimum Gasteiger partial charge on any atom is -0.483 e. The Bertz CT molecular complexity index is 1750. The maximum atomic E-state index is 14.0. The van der Waals surface area contributed by atoms with E-state index in [9.17, 15) is 19.2 Å². The minimum absolute atomic E-state index is 0.287. The van der Waals surface area contributed by atoms with E-state index < -0.39 is 17.1 Å². The van der Waals surface area contributed by atoms with Crippen molar-refractivity contribution in [1.29, 1.82) is 0 Å². The Hall–Kier alpha value is -3.86. The molecule has 1 fully saturated rings. The third-order valence-electron chi connectivity index (χ3n) is 7.08. The Kier molecular flexibility index (Phi) is 7.23. The lowest BCUT2D eigenvalue weighted by molar-refractivity contribution is -0.122. The molecule has 6 rings (SSSR count). The van der Waals surface area contributed by atoms with Gasteiger partial charge in [0.15, 0.2) is 6.61 Å². The predicted molar refractivity (Wildman–Crippen MR) is 160 cm³/mol. The Morgan fingerprint density at radius 3 is 2.54 bits per heavy atom. The van der Waals surface area contributed by atoms with E-state index in [0.29, 0.717) is 37.6 Å². The number of thiazole rings is 1. The summed E-state index contributed by atoms with van der Waals surface area (Å²) in [5.41, 5.74) is 3.68. The van der Waals surface area contributed by atoms with Crippen LogP contribution in [-0.2, 0) is 14.4 Å². The smallest absolute Gasteiger partial charge is 0.305 e. The van der Waals surface area contributed by atoms with Gasteiger partial charge in [-0.3, -0.25) is 19.2 Å². The molecule has 8 nitrogen and oxygen atoms in total. The maximum Gasteiger partial charge on any atom is 0.305 e. The summed E-state index contributed by atoms with van der Waals surface area (Å²) in [6, 6.07) is 19.6. The van der Waals surface area contributed by atoms with E-state index in [2.05, 4.69) is 10.3 Å². The summed E-state index contributed by atoms with van der Waals surface area (Å²) in [4.78, 5) is 57.3. The molecule has 208 valence electrons. The largest absolute Gasteiger partial charge is 0.483 e. The molecule has 2 N–H and O–H groups in total. The summed E-state index contributed by atoms with van der Waals surface area (Å²) >= 11 is 8.62. The molecule has 0 spiro atoms. The third-order valence-corrected chi connectivity index (χ3v) is 9.72. The van der Waals surface area contributed by atoms with Crippen molar-refractivity contribution in [2.75, 3.05) is 16.8 Å². The molecule has 1 aromatic heterocycles. The lowest BCUT2D eigenvalue weighted by Gasteiger charge is -2.31. The highest BCUT2D eigenvalue weighted by Crippen LogP contribution is 2.54. The molecule has 0 radical (unpaired) electrons. The number of rotatable bonds is 6. The van der Waals surface area contributed by atoms with Gasteiger partial charge >= 0.3 is 4.87 Å². The number of carbonyl (C=O) groups excluding carboxylic acids is 3. The Morgan fingerprint density at radius 2 is 1.78 bits per heavy atom. The van der Waals surface area contributed by atoms with E-state index in [1.807, 2.05) is 44.2 Å². The molecule has 4 aromatic rings. The maximum absolute atomic E-state index is 14.0. The van der Waals surface area contributed by atoms with Crippen LogP contribution in [0.2, 0.25) is 5.02 Å². The number of hydrogen-bond acceptors (Lipinski definition) is 7. The lowest BCUT2D eigenvalue weighted by atomic mass is 9.82. The van der Waals surface area contributed by atoms with E-state index in [0.717, 1.165) is 22.5 Å². The molecule has 1 saturated heterocycles. The van der Waals surface area contributed by atoms with Crippen molar-refractivity contribution < 1.29 is 19.1 Å². The van der Waals surface area contributed by atoms with Crippen molar-refractivity contribution in [2.45, 2.75) is 30.0 Å². The highest BCUT2D eigenvalue weighted by atomic mass is 35.5. The molecule has 3 heterocycles. The number of H-pyrrole nitrogens is 1. The Morgan fingerprint density at radius 1 is 1.00 bits per heavy atom. The van der Waals surface area contributed by atoms with Gasteiger partial charge in [-0.1, -0.05) is 64.5 Å². The number of nitrogens with zero attached hydrogens (tertiary/aromatic N) is 1. The molecule has 0 saturated carbocycles. The molecule has 3 unspecified atom stereocenters. The number of anilines is 2. The molecule has 11 heteroatoms. The standard InChI is InChI=1S/C30H24ClN3O5S2/c1-15-6-9-19(10-7-15)34-28(36)24-23(25-27(33-30(38)41-25)40-26(24)29(34)37)20-13-17(31)8-11-21(20)39-14-22(35)32-18-5-3-4-16(2)12-18/h3-13,23-24,26H,14H2,1-2H3,(H,32,35)(H,33,38). The van der Waals surface area contributed by atoms with Gasteiger partial charge in [0.1, 0.15) is 11.0 Å². The third kappa shape index (κ3) is 5.18. The average Bonchev–Trinajstić information content (AvgIpc) is 3.42. The lowest BCUT2D eigenvalue weighted by Crippen LogP contribution is -2.32. The summed E-state index contributed by atoms with van der Waals surface area (Å²) < 4.78 is 6.00. The summed E-state index contributed by atoms with van der Waals surface area (Å²) in [5.74, 6) is -2.24. The number of thioether (sulfide) groups is 1. The van der Waals surface area contributed by atoms with Gasteiger partial charge in [0, 0.05) is 27.1 Å². The zero-order valence-corrected chi connectivity index (χ0v) is 24.4. The van der Waals surface area contributed by atoms with Crippen LogP contribution in [0.1, 0.15) is 27.5 Å². The predicted octanol–water partition coefficient (Wildman–Crippen LogP) is 5.52.